The van der Waals surface area contributed by atoms with Crippen LogP contribution in [0.4, 0.5) is 4.79 Å². The number of aliphatic hydroxyl groups is 1. The summed E-state index contributed by atoms with van der Waals surface area (Å²) in [6, 6.07) is 9.12. The molecular weight excluding hydrogens is 344 g/mol. The largest absolute Gasteiger partial charge is 0.491 e. The monoisotopic (exact) mass is 372 g/mol. The minimum absolute atomic E-state index is 0.0294. The van der Waals surface area contributed by atoms with Crippen LogP contribution in [0, 0.1) is 23.2 Å². The molecule has 2 amide bonds. The maximum Gasteiger partial charge on any atom is 0.317 e. The van der Waals surface area contributed by atoms with Crippen LogP contribution in [0.3, 0.4) is 0 Å². The average molecular weight is 372 g/mol. The van der Waals surface area contributed by atoms with Crippen molar-refractivity contribution in [3.63, 3.8) is 0 Å². The fraction of sp³-hybridized carbons (Fsp3) is 0.600. The minimum atomic E-state index is -0.570. The Bertz CT molecular complexity index is 671. The molecule has 3 atom stereocenters. The second-order valence-electron chi connectivity index (χ2n) is 7.85. The average Bonchev–Trinajstić information content (AvgIpc) is 3.18. The molecule has 2 heterocycles. The van der Waals surface area contributed by atoms with Gasteiger partial charge in [0.1, 0.15) is 18.5 Å². The van der Waals surface area contributed by atoms with Crippen LogP contribution >= 0.6 is 0 Å². The lowest BCUT2D eigenvalue weighted by molar-refractivity contribution is 0.0724. The molecule has 0 aliphatic carbocycles. The van der Waals surface area contributed by atoms with Gasteiger partial charge in [-0.3, -0.25) is 4.90 Å². The summed E-state index contributed by atoms with van der Waals surface area (Å²) in [5.41, 5.74) is 0.586. The molecule has 0 spiro atoms. The molecule has 2 aliphatic rings. The van der Waals surface area contributed by atoms with Crippen molar-refractivity contribution < 1.29 is 14.6 Å². The number of β-amino-alcohol motifs (C(OH)–C–C–N with tert-alkyl or cyclic N) is 1. The fourth-order valence-electron chi connectivity index (χ4n) is 3.91. The lowest BCUT2D eigenvalue weighted by atomic mass is 10.0. The standard InChI is InChI=1S/C20H28N4O3/c1-14(2)22-20(26)24-10-16-8-23(9-17(16)11-24)12-18(25)13-27-19-5-3-15(7-21)4-6-19/h3-6,14,16-18,25H,8-13H2,1-2H3,(H,22,26)/t16?,17?,18-/m0/s1. The number of carbonyl (C=O) groups excluding carboxylic acids is 1. The minimum Gasteiger partial charge on any atom is -0.491 e. The first-order chi connectivity index (χ1) is 12.9. The van der Waals surface area contributed by atoms with Gasteiger partial charge >= 0.3 is 6.03 Å². The predicted octanol–water partition coefficient (Wildman–Crippen LogP) is 1.28. The normalized spacial score (nSPS) is 23.1. The van der Waals surface area contributed by atoms with E-state index in [-0.39, 0.29) is 18.7 Å². The van der Waals surface area contributed by atoms with Gasteiger partial charge in [0.05, 0.1) is 11.6 Å². The summed E-state index contributed by atoms with van der Waals surface area (Å²) in [6.07, 6.45) is -0.570. The molecule has 3 rings (SSSR count). The molecule has 146 valence electrons. The molecule has 0 aromatic heterocycles. The molecule has 2 fully saturated rings. The van der Waals surface area contributed by atoms with Gasteiger partial charge in [-0.2, -0.15) is 5.26 Å². The number of ether oxygens (including phenoxy) is 1. The van der Waals surface area contributed by atoms with Crippen LogP contribution < -0.4 is 10.1 Å². The molecular formula is C20H28N4O3. The number of nitriles is 1. The SMILES string of the molecule is CC(C)NC(=O)N1CC2CN(C[C@H](O)COc3ccc(C#N)cc3)CC2C1. The Morgan fingerprint density at radius 1 is 1.26 bits per heavy atom. The molecule has 2 unspecified atom stereocenters. The maximum atomic E-state index is 12.1. The van der Waals surface area contributed by atoms with Gasteiger partial charge in [0.2, 0.25) is 0 Å². The number of likely N-dealkylation sites (tertiary alicyclic amines) is 2. The van der Waals surface area contributed by atoms with Gasteiger partial charge in [-0.15, -0.1) is 0 Å². The highest BCUT2D eigenvalue weighted by molar-refractivity contribution is 5.74. The van der Waals surface area contributed by atoms with Gasteiger partial charge in [0.15, 0.2) is 0 Å². The Labute approximate surface area is 160 Å². The zero-order valence-corrected chi connectivity index (χ0v) is 16.0. The van der Waals surface area contributed by atoms with E-state index in [9.17, 15) is 9.90 Å². The maximum absolute atomic E-state index is 12.1. The summed E-state index contributed by atoms with van der Waals surface area (Å²) in [5, 5.41) is 22.0. The van der Waals surface area contributed by atoms with Gasteiger partial charge in [0.25, 0.3) is 0 Å². The Balaban J connectivity index is 1.39. The molecule has 2 aliphatic heterocycles. The van der Waals surface area contributed by atoms with Crippen LogP contribution in [0.5, 0.6) is 5.75 Å². The lowest BCUT2D eigenvalue weighted by Gasteiger charge is -2.24. The van der Waals surface area contributed by atoms with Crippen molar-refractivity contribution in [1.29, 1.82) is 5.26 Å². The van der Waals surface area contributed by atoms with Crippen molar-refractivity contribution in [1.82, 2.24) is 15.1 Å². The number of hydrogen-bond donors (Lipinski definition) is 2. The molecule has 1 aromatic rings. The van der Waals surface area contributed by atoms with Gasteiger partial charge in [0, 0.05) is 38.8 Å². The summed E-state index contributed by atoms with van der Waals surface area (Å²) in [6.45, 7) is 8.13. The molecule has 0 saturated carbocycles. The van der Waals surface area contributed by atoms with Crippen LogP contribution in [0.25, 0.3) is 0 Å². The number of nitrogens with zero attached hydrogens (tertiary/aromatic N) is 3. The number of fused-ring (bicyclic) bond motifs is 1. The Morgan fingerprint density at radius 3 is 2.44 bits per heavy atom. The predicted molar refractivity (Wildman–Crippen MR) is 101 cm³/mol. The van der Waals surface area contributed by atoms with E-state index in [1.807, 2.05) is 18.7 Å². The second kappa shape index (κ2) is 8.59. The zero-order chi connectivity index (χ0) is 19.4. The highest BCUT2D eigenvalue weighted by Crippen LogP contribution is 2.31. The first-order valence-corrected chi connectivity index (χ1v) is 9.53. The smallest absolute Gasteiger partial charge is 0.317 e. The highest BCUT2D eigenvalue weighted by Gasteiger charge is 2.41. The van der Waals surface area contributed by atoms with Crippen LogP contribution in [0.1, 0.15) is 19.4 Å². The molecule has 2 saturated heterocycles. The number of rotatable bonds is 6. The van der Waals surface area contributed by atoms with E-state index in [2.05, 4.69) is 16.3 Å². The summed E-state index contributed by atoms with van der Waals surface area (Å²) in [7, 11) is 0. The van der Waals surface area contributed by atoms with E-state index in [4.69, 9.17) is 10.00 Å². The molecule has 0 radical (unpaired) electrons. The van der Waals surface area contributed by atoms with Gasteiger partial charge in [-0.25, -0.2) is 4.79 Å². The zero-order valence-electron chi connectivity index (χ0n) is 16.0. The fourth-order valence-corrected chi connectivity index (χ4v) is 3.91. The topological polar surface area (TPSA) is 88.8 Å². The Morgan fingerprint density at radius 2 is 1.89 bits per heavy atom. The van der Waals surface area contributed by atoms with E-state index in [0.29, 0.717) is 29.7 Å². The van der Waals surface area contributed by atoms with E-state index in [1.165, 1.54) is 0 Å². The summed E-state index contributed by atoms with van der Waals surface area (Å²) < 4.78 is 5.61. The number of carbonyl (C=O) groups is 1. The lowest BCUT2D eigenvalue weighted by Crippen LogP contribution is -2.43. The van der Waals surface area contributed by atoms with Crippen molar-refractivity contribution in [2.45, 2.75) is 26.0 Å². The number of amides is 2. The van der Waals surface area contributed by atoms with Crippen molar-refractivity contribution in [3.8, 4) is 11.8 Å². The number of aliphatic hydroxyl groups excluding tert-OH is 1. The van der Waals surface area contributed by atoms with E-state index >= 15 is 0 Å². The summed E-state index contributed by atoms with van der Waals surface area (Å²) in [4.78, 5) is 16.3. The number of nitrogens with one attached hydrogen (secondary N) is 1. The number of hydrogen-bond acceptors (Lipinski definition) is 5. The van der Waals surface area contributed by atoms with Crippen LogP contribution in [-0.2, 0) is 0 Å². The number of benzene rings is 1. The molecule has 0 bridgehead atoms. The quantitative estimate of drug-likeness (QED) is 0.785. The van der Waals surface area contributed by atoms with Crippen molar-refractivity contribution in [2.75, 3.05) is 39.3 Å². The number of urea groups is 1. The first kappa shape index (κ1) is 19.5. The van der Waals surface area contributed by atoms with E-state index in [1.54, 1.807) is 24.3 Å². The first-order valence-electron chi connectivity index (χ1n) is 9.53. The van der Waals surface area contributed by atoms with Crippen LogP contribution in [0.15, 0.2) is 24.3 Å². The van der Waals surface area contributed by atoms with Crippen LogP contribution in [-0.4, -0.2) is 72.4 Å². The second-order valence-corrected chi connectivity index (χ2v) is 7.85. The van der Waals surface area contributed by atoms with Gasteiger partial charge in [-0.1, -0.05) is 0 Å². The summed E-state index contributed by atoms with van der Waals surface area (Å²) in [5.74, 6) is 1.61. The molecule has 2 N–H and O–H groups in total. The summed E-state index contributed by atoms with van der Waals surface area (Å²) >= 11 is 0. The third-order valence-corrected chi connectivity index (χ3v) is 5.16. The molecule has 1 aromatic carbocycles. The highest BCUT2D eigenvalue weighted by atomic mass is 16.5. The van der Waals surface area contributed by atoms with Crippen LogP contribution in [0.2, 0.25) is 0 Å². The van der Waals surface area contributed by atoms with Crippen molar-refractivity contribution in [3.05, 3.63) is 29.8 Å². The third kappa shape index (κ3) is 5.12. The van der Waals surface area contributed by atoms with E-state index < -0.39 is 6.10 Å². The van der Waals surface area contributed by atoms with Crippen molar-refractivity contribution >= 4 is 6.03 Å². The third-order valence-electron chi connectivity index (χ3n) is 5.16. The van der Waals surface area contributed by atoms with Crippen molar-refractivity contribution in [2.24, 2.45) is 11.8 Å². The Kier molecular flexibility index (Phi) is 6.19. The molecule has 7 heteroatoms. The van der Waals surface area contributed by atoms with Gasteiger partial charge in [-0.05, 0) is 49.9 Å². The molecule has 7 nitrogen and oxygen atoms in total. The van der Waals surface area contributed by atoms with Gasteiger partial charge < -0.3 is 20.1 Å². The molecule has 27 heavy (non-hydrogen) atoms. The van der Waals surface area contributed by atoms with E-state index in [0.717, 1.165) is 26.2 Å². The Hall–Kier alpha value is -2.30.